The standard InChI is InChI=1S/C18H21ClN4O/c1-12-5-7-15(10-16(12)19)20-18(24)14-4-3-9-23(11-14)17-8-6-13(2)21-22-17/h5-8,10,14H,3-4,9,11H2,1-2H3,(H,20,24). The summed E-state index contributed by atoms with van der Waals surface area (Å²) in [6.45, 7) is 5.41. The molecule has 1 aromatic carbocycles. The van der Waals surface area contributed by atoms with Gasteiger partial charge in [0.2, 0.25) is 5.91 Å². The summed E-state index contributed by atoms with van der Waals surface area (Å²) in [5.74, 6) is 0.790. The molecule has 126 valence electrons. The SMILES string of the molecule is Cc1ccc(N2CCCC(C(=O)Nc3ccc(C)c(Cl)c3)C2)nn1. The molecule has 3 rings (SSSR count). The molecule has 1 unspecified atom stereocenters. The van der Waals surface area contributed by atoms with Crippen molar-refractivity contribution in [3.8, 4) is 0 Å². The second-order valence-corrected chi connectivity index (χ2v) is 6.68. The molecule has 0 radical (unpaired) electrons. The van der Waals surface area contributed by atoms with Gasteiger partial charge < -0.3 is 10.2 Å². The van der Waals surface area contributed by atoms with Crippen LogP contribution in [0.2, 0.25) is 5.02 Å². The molecule has 0 bridgehead atoms. The minimum Gasteiger partial charge on any atom is -0.354 e. The van der Waals surface area contributed by atoms with E-state index in [4.69, 9.17) is 11.6 Å². The second kappa shape index (κ2) is 7.18. The van der Waals surface area contributed by atoms with E-state index in [1.165, 1.54) is 0 Å². The zero-order valence-electron chi connectivity index (χ0n) is 13.9. The van der Waals surface area contributed by atoms with Crippen molar-refractivity contribution in [2.75, 3.05) is 23.3 Å². The predicted octanol–water partition coefficient (Wildman–Crippen LogP) is 3.60. The first kappa shape index (κ1) is 16.7. The summed E-state index contributed by atoms with van der Waals surface area (Å²) in [6.07, 6.45) is 1.84. The van der Waals surface area contributed by atoms with Crippen molar-refractivity contribution in [2.45, 2.75) is 26.7 Å². The Morgan fingerprint density at radius 3 is 2.79 bits per heavy atom. The van der Waals surface area contributed by atoms with E-state index < -0.39 is 0 Å². The molecule has 1 aliphatic rings. The average molecular weight is 345 g/mol. The van der Waals surface area contributed by atoms with Crippen molar-refractivity contribution in [1.29, 1.82) is 0 Å². The highest BCUT2D eigenvalue weighted by molar-refractivity contribution is 6.31. The van der Waals surface area contributed by atoms with Gasteiger partial charge in [-0.3, -0.25) is 4.79 Å². The van der Waals surface area contributed by atoms with Crippen LogP contribution in [0.5, 0.6) is 0 Å². The van der Waals surface area contributed by atoms with Gasteiger partial charge in [-0.25, -0.2) is 0 Å². The molecule has 2 aromatic rings. The number of aromatic nitrogens is 2. The largest absolute Gasteiger partial charge is 0.354 e. The van der Waals surface area contributed by atoms with Gasteiger partial charge in [0.05, 0.1) is 11.6 Å². The third-order valence-corrected chi connectivity index (χ3v) is 4.75. The summed E-state index contributed by atoms with van der Waals surface area (Å²) in [4.78, 5) is 14.7. The maximum Gasteiger partial charge on any atom is 0.229 e. The molecule has 1 aliphatic heterocycles. The number of aryl methyl sites for hydroxylation is 2. The van der Waals surface area contributed by atoms with E-state index in [9.17, 15) is 4.79 Å². The van der Waals surface area contributed by atoms with Crippen LogP contribution in [0.4, 0.5) is 11.5 Å². The van der Waals surface area contributed by atoms with Crippen LogP contribution in [0.1, 0.15) is 24.1 Å². The van der Waals surface area contributed by atoms with Crippen LogP contribution in [-0.4, -0.2) is 29.2 Å². The van der Waals surface area contributed by atoms with Gasteiger partial charge in [-0.2, -0.15) is 5.10 Å². The average Bonchev–Trinajstić information content (AvgIpc) is 2.59. The quantitative estimate of drug-likeness (QED) is 0.924. The number of hydrogen-bond donors (Lipinski definition) is 1. The molecule has 1 fully saturated rings. The summed E-state index contributed by atoms with van der Waals surface area (Å²) in [5, 5.41) is 12.0. The van der Waals surface area contributed by atoms with E-state index in [0.717, 1.165) is 42.1 Å². The Bertz CT molecular complexity index is 732. The summed E-state index contributed by atoms with van der Waals surface area (Å²) < 4.78 is 0. The minimum absolute atomic E-state index is 0.0275. The van der Waals surface area contributed by atoms with Crippen LogP contribution in [0.3, 0.4) is 0 Å². The smallest absolute Gasteiger partial charge is 0.229 e. The lowest BCUT2D eigenvalue weighted by Crippen LogP contribution is -2.41. The number of nitrogens with zero attached hydrogens (tertiary/aromatic N) is 3. The zero-order valence-corrected chi connectivity index (χ0v) is 14.7. The number of piperidine rings is 1. The number of rotatable bonds is 3. The summed E-state index contributed by atoms with van der Waals surface area (Å²) in [7, 11) is 0. The van der Waals surface area contributed by atoms with Crippen LogP contribution < -0.4 is 10.2 Å². The number of amides is 1. The highest BCUT2D eigenvalue weighted by Gasteiger charge is 2.26. The van der Waals surface area contributed by atoms with Crippen molar-refractivity contribution in [3.05, 3.63) is 46.6 Å². The van der Waals surface area contributed by atoms with Crippen LogP contribution in [0.25, 0.3) is 0 Å². The molecule has 0 saturated carbocycles. The predicted molar refractivity (Wildman–Crippen MR) is 96.5 cm³/mol. The normalized spacial score (nSPS) is 17.6. The highest BCUT2D eigenvalue weighted by atomic mass is 35.5. The molecular formula is C18H21ClN4O. The minimum atomic E-state index is -0.0677. The van der Waals surface area contributed by atoms with Gasteiger partial charge >= 0.3 is 0 Å². The first-order valence-electron chi connectivity index (χ1n) is 8.15. The Kier molecular flexibility index (Phi) is 5.00. The highest BCUT2D eigenvalue weighted by Crippen LogP contribution is 2.24. The number of carbonyl (C=O) groups is 1. The summed E-state index contributed by atoms with van der Waals surface area (Å²) in [6, 6.07) is 9.49. The van der Waals surface area contributed by atoms with Crippen molar-refractivity contribution in [3.63, 3.8) is 0 Å². The number of nitrogens with one attached hydrogen (secondary N) is 1. The molecule has 1 aromatic heterocycles. The number of halogens is 1. The third-order valence-electron chi connectivity index (χ3n) is 4.34. The van der Waals surface area contributed by atoms with Crippen molar-refractivity contribution < 1.29 is 4.79 Å². The number of hydrogen-bond acceptors (Lipinski definition) is 4. The number of carbonyl (C=O) groups excluding carboxylic acids is 1. The molecule has 0 aliphatic carbocycles. The molecule has 6 heteroatoms. The number of benzene rings is 1. The van der Waals surface area contributed by atoms with Gasteiger partial charge in [0.15, 0.2) is 5.82 Å². The zero-order chi connectivity index (χ0) is 17.1. The Morgan fingerprint density at radius 1 is 1.25 bits per heavy atom. The van der Waals surface area contributed by atoms with Gasteiger partial charge in [0.25, 0.3) is 0 Å². The second-order valence-electron chi connectivity index (χ2n) is 6.27. The van der Waals surface area contributed by atoms with Gasteiger partial charge in [-0.1, -0.05) is 17.7 Å². The fourth-order valence-electron chi connectivity index (χ4n) is 2.87. The van der Waals surface area contributed by atoms with E-state index in [1.54, 1.807) is 6.07 Å². The third kappa shape index (κ3) is 3.85. The van der Waals surface area contributed by atoms with Gasteiger partial charge in [-0.15, -0.1) is 5.10 Å². The van der Waals surface area contributed by atoms with E-state index in [1.807, 2.05) is 38.1 Å². The molecule has 1 atom stereocenters. The Labute approximate surface area is 147 Å². The van der Waals surface area contributed by atoms with Gasteiger partial charge in [0, 0.05) is 23.8 Å². The first-order chi connectivity index (χ1) is 11.5. The monoisotopic (exact) mass is 344 g/mol. The Balaban J connectivity index is 1.66. The Hall–Kier alpha value is -2.14. The van der Waals surface area contributed by atoms with Crippen molar-refractivity contribution >= 4 is 29.0 Å². The lowest BCUT2D eigenvalue weighted by atomic mass is 9.97. The molecule has 1 amide bonds. The molecule has 24 heavy (non-hydrogen) atoms. The van der Waals surface area contributed by atoms with E-state index in [-0.39, 0.29) is 11.8 Å². The lowest BCUT2D eigenvalue weighted by molar-refractivity contribution is -0.120. The Morgan fingerprint density at radius 2 is 2.08 bits per heavy atom. The van der Waals surface area contributed by atoms with E-state index in [2.05, 4.69) is 20.4 Å². The molecule has 5 nitrogen and oxygen atoms in total. The molecule has 1 N–H and O–H groups in total. The van der Waals surface area contributed by atoms with Gasteiger partial charge in [0.1, 0.15) is 0 Å². The molecular weight excluding hydrogens is 324 g/mol. The van der Waals surface area contributed by atoms with Gasteiger partial charge in [-0.05, 0) is 56.5 Å². The van der Waals surface area contributed by atoms with Crippen LogP contribution >= 0.6 is 11.6 Å². The van der Waals surface area contributed by atoms with E-state index >= 15 is 0 Å². The molecule has 0 spiro atoms. The fourth-order valence-corrected chi connectivity index (χ4v) is 3.06. The van der Waals surface area contributed by atoms with E-state index in [0.29, 0.717) is 11.6 Å². The molecule has 1 saturated heterocycles. The lowest BCUT2D eigenvalue weighted by Gasteiger charge is -2.32. The maximum absolute atomic E-state index is 12.6. The van der Waals surface area contributed by atoms with Crippen LogP contribution in [0.15, 0.2) is 30.3 Å². The van der Waals surface area contributed by atoms with Crippen molar-refractivity contribution in [2.24, 2.45) is 5.92 Å². The number of anilines is 2. The van der Waals surface area contributed by atoms with Crippen LogP contribution in [-0.2, 0) is 4.79 Å². The van der Waals surface area contributed by atoms with Crippen LogP contribution in [0, 0.1) is 19.8 Å². The summed E-state index contributed by atoms with van der Waals surface area (Å²) in [5.41, 5.74) is 2.63. The maximum atomic E-state index is 12.6. The first-order valence-corrected chi connectivity index (χ1v) is 8.53. The fraction of sp³-hybridized carbons (Fsp3) is 0.389. The van der Waals surface area contributed by atoms with Crippen molar-refractivity contribution in [1.82, 2.24) is 10.2 Å². The molecule has 2 heterocycles. The summed E-state index contributed by atoms with van der Waals surface area (Å²) >= 11 is 6.12. The topological polar surface area (TPSA) is 58.1 Å².